The summed E-state index contributed by atoms with van der Waals surface area (Å²) in [7, 11) is 1.87. The van der Waals surface area contributed by atoms with E-state index >= 15 is 0 Å². The lowest BCUT2D eigenvalue weighted by atomic mass is 10.2. The summed E-state index contributed by atoms with van der Waals surface area (Å²) in [5, 5.41) is 4.73. The van der Waals surface area contributed by atoms with Crippen LogP contribution >= 0.6 is 23.1 Å². The summed E-state index contributed by atoms with van der Waals surface area (Å²) in [6, 6.07) is 0. The van der Waals surface area contributed by atoms with Gasteiger partial charge in [-0.2, -0.15) is 11.8 Å². The van der Waals surface area contributed by atoms with Crippen molar-refractivity contribution in [3.05, 3.63) is 15.6 Å². The number of aliphatic imine (C=N–C) groups is 1. The van der Waals surface area contributed by atoms with Crippen LogP contribution in [0.3, 0.4) is 0 Å². The molecule has 1 aliphatic heterocycles. The number of hydrogen-bond donors (Lipinski definition) is 1. The molecule has 0 amide bonds. The molecule has 0 spiro atoms. The van der Waals surface area contributed by atoms with Gasteiger partial charge in [0.2, 0.25) is 0 Å². The van der Waals surface area contributed by atoms with Gasteiger partial charge < -0.3 is 10.2 Å². The molecule has 1 aromatic rings. The van der Waals surface area contributed by atoms with E-state index in [1.807, 2.05) is 30.1 Å². The van der Waals surface area contributed by atoms with Gasteiger partial charge in [0.15, 0.2) is 5.96 Å². The zero-order valence-corrected chi connectivity index (χ0v) is 16.0. The maximum Gasteiger partial charge on any atom is 0.193 e. The van der Waals surface area contributed by atoms with E-state index in [2.05, 4.69) is 42.9 Å². The second kappa shape index (κ2) is 7.68. The molecule has 1 N–H and O–H groups in total. The standard InChI is InChI=1S/C16H28N4S2/c1-6-13-12(2)22-14(19-13)7-8-18-15(17-5)20-9-10-21-16(3,4)11-20/h6-11H2,1-5H3,(H,17,18). The average molecular weight is 341 g/mol. The third-order valence-corrected chi connectivity index (χ3v) is 6.20. The fourth-order valence-corrected chi connectivity index (χ4v) is 4.87. The van der Waals surface area contributed by atoms with Gasteiger partial charge in [-0.15, -0.1) is 11.3 Å². The Morgan fingerprint density at radius 1 is 1.45 bits per heavy atom. The van der Waals surface area contributed by atoms with E-state index < -0.39 is 0 Å². The maximum absolute atomic E-state index is 4.71. The van der Waals surface area contributed by atoms with Crippen molar-refractivity contribution >= 4 is 29.1 Å². The molecule has 0 saturated carbocycles. The average Bonchev–Trinajstić information content (AvgIpc) is 2.82. The molecule has 1 aliphatic rings. The van der Waals surface area contributed by atoms with Crippen LogP contribution in [0.2, 0.25) is 0 Å². The number of thioether (sulfide) groups is 1. The Balaban J connectivity index is 1.86. The molecule has 124 valence electrons. The van der Waals surface area contributed by atoms with E-state index in [0.29, 0.717) is 4.75 Å². The van der Waals surface area contributed by atoms with Gasteiger partial charge in [-0.25, -0.2) is 4.98 Å². The Hall–Kier alpha value is -0.750. The predicted octanol–water partition coefficient (Wildman–Crippen LogP) is 2.96. The normalized spacial score (nSPS) is 18.6. The lowest BCUT2D eigenvalue weighted by Crippen LogP contribution is -2.51. The number of hydrogen-bond acceptors (Lipinski definition) is 4. The van der Waals surface area contributed by atoms with Crippen molar-refractivity contribution in [3.63, 3.8) is 0 Å². The van der Waals surface area contributed by atoms with E-state index in [-0.39, 0.29) is 0 Å². The summed E-state index contributed by atoms with van der Waals surface area (Å²) in [5.41, 5.74) is 1.25. The quantitative estimate of drug-likeness (QED) is 0.676. The first kappa shape index (κ1) is 17.6. The first-order valence-corrected chi connectivity index (χ1v) is 9.80. The zero-order chi connectivity index (χ0) is 16.2. The van der Waals surface area contributed by atoms with E-state index in [1.54, 1.807) is 0 Å². The van der Waals surface area contributed by atoms with Gasteiger partial charge in [0.25, 0.3) is 0 Å². The second-order valence-corrected chi connectivity index (χ2v) is 9.31. The molecule has 1 saturated heterocycles. The largest absolute Gasteiger partial charge is 0.356 e. The minimum Gasteiger partial charge on any atom is -0.356 e. The molecule has 6 heteroatoms. The molecule has 0 unspecified atom stereocenters. The van der Waals surface area contributed by atoms with E-state index in [9.17, 15) is 0 Å². The number of nitrogens with zero attached hydrogens (tertiary/aromatic N) is 3. The highest BCUT2D eigenvalue weighted by Gasteiger charge is 2.28. The Morgan fingerprint density at radius 3 is 2.82 bits per heavy atom. The van der Waals surface area contributed by atoms with Crippen LogP contribution in [0.15, 0.2) is 4.99 Å². The van der Waals surface area contributed by atoms with Gasteiger partial charge in [-0.3, -0.25) is 4.99 Å². The zero-order valence-electron chi connectivity index (χ0n) is 14.4. The summed E-state index contributed by atoms with van der Waals surface area (Å²) in [6.07, 6.45) is 1.99. The van der Waals surface area contributed by atoms with Crippen molar-refractivity contribution in [1.29, 1.82) is 0 Å². The van der Waals surface area contributed by atoms with Crippen LogP contribution in [-0.4, -0.2) is 53.0 Å². The summed E-state index contributed by atoms with van der Waals surface area (Å²) < 4.78 is 0.304. The van der Waals surface area contributed by atoms with Crippen LogP contribution in [-0.2, 0) is 12.8 Å². The van der Waals surface area contributed by atoms with Crippen LogP contribution in [0.1, 0.15) is 36.3 Å². The van der Waals surface area contributed by atoms with Gasteiger partial charge in [0.05, 0.1) is 10.7 Å². The van der Waals surface area contributed by atoms with E-state index in [1.165, 1.54) is 21.3 Å². The summed E-state index contributed by atoms with van der Waals surface area (Å²) >= 11 is 3.87. The van der Waals surface area contributed by atoms with Crippen LogP contribution in [0, 0.1) is 6.92 Å². The smallest absolute Gasteiger partial charge is 0.193 e. The minimum absolute atomic E-state index is 0.304. The van der Waals surface area contributed by atoms with Gasteiger partial charge in [-0.05, 0) is 27.2 Å². The predicted molar refractivity (Wildman–Crippen MR) is 99.4 cm³/mol. The van der Waals surface area contributed by atoms with Crippen molar-refractivity contribution in [2.24, 2.45) is 4.99 Å². The molecule has 4 nitrogen and oxygen atoms in total. The Morgan fingerprint density at radius 2 is 2.23 bits per heavy atom. The molecule has 0 radical (unpaired) electrons. The van der Waals surface area contributed by atoms with Crippen molar-refractivity contribution in [3.8, 4) is 0 Å². The fraction of sp³-hybridized carbons (Fsp3) is 0.750. The molecule has 2 rings (SSSR count). The van der Waals surface area contributed by atoms with E-state index in [0.717, 1.165) is 38.4 Å². The lowest BCUT2D eigenvalue weighted by Gasteiger charge is -2.39. The lowest BCUT2D eigenvalue weighted by molar-refractivity contribution is 0.376. The Bertz CT molecular complexity index is 522. The number of thiazole rings is 1. The monoisotopic (exact) mass is 340 g/mol. The van der Waals surface area contributed by atoms with Crippen molar-refractivity contribution in [1.82, 2.24) is 15.2 Å². The van der Waals surface area contributed by atoms with Gasteiger partial charge >= 0.3 is 0 Å². The first-order valence-electron chi connectivity index (χ1n) is 8.00. The van der Waals surface area contributed by atoms with Crippen LogP contribution < -0.4 is 5.32 Å². The van der Waals surface area contributed by atoms with Crippen molar-refractivity contribution in [2.45, 2.75) is 45.3 Å². The molecule has 1 aromatic heterocycles. The molecule has 0 bridgehead atoms. The van der Waals surface area contributed by atoms with Gasteiger partial charge in [0, 0.05) is 48.5 Å². The Labute approximate surface area is 142 Å². The van der Waals surface area contributed by atoms with Gasteiger partial charge in [-0.1, -0.05) is 6.92 Å². The van der Waals surface area contributed by atoms with Crippen molar-refractivity contribution < 1.29 is 0 Å². The molecular weight excluding hydrogens is 312 g/mol. The summed E-state index contributed by atoms with van der Waals surface area (Å²) in [6.45, 7) is 12.0. The number of aryl methyl sites for hydroxylation is 2. The highest BCUT2D eigenvalue weighted by atomic mass is 32.2. The molecule has 2 heterocycles. The fourth-order valence-electron chi connectivity index (χ4n) is 2.73. The number of rotatable bonds is 4. The van der Waals surface area contributed by atoms with Crippen LogP contribution in [0.5, 0.6) is 0 Å². The third-order valence-electron chi connectivity index (χ3n) is 3.83. The number of nitrogens with one attached hydrogen (secondary N) is 1. The molecule has 1 fully saturated rings. The number of guanidine groups is 1. The first-order chi connectivity index (χ1) is 10.4. The van der Waals surface area contributed by atoms with Crippen molar-refractivity contribution in [2.75, 3.05) is 32.4 Å². The highest BCUT2D eigenvalue weighted by molar-refractivity contribution is 8.00. The van der Waals surface area contributed by atoms with Gasteiger partial charge in [0.1, 0.15) is 0 Å². The van der Waals surface area contributed by atoms with Crippen LogP contribution in [0.25, 0.3) is 0 Å². The summed E-state index contributed by atoms with van der Waals surface area (Å²) in [5.74, 6) is 2.19. The number of aromatic nitrogens is 1. The molecular formula is C16H28N4S2. The topological polar surface area (TPSA) is 40.5 Å². The maximum atomic E-state index is 4.71. The molecule has 22 heavy (non-hydrogen) atoms. The van der Waals surface area contributed by atoms with Crippen LogP contribution in [0.4, 0.5) is 0 Å². The van der Waals surface area contributed by atoms with E-state index in [4.69, 9.17) is 4.98 Å². The summed E-state index contributed by atoms with van der Waals surface area (Å²) in [4.78, 5) is 12.9. The highest BCUT2D eigenvalue weighted by Crippen LogP contribution is 2.29. The molecule has 0 aromatic carbocycles. The molecule has 0 aliphatic carbocycles. The Kier molecular flexibility index (Phi) is 6.15. The minimum atomic E-state index is 0.304. The second-order valence-electron chi connectivity index (χ2n) is 6.22. The third kappa shape index (κ3) is 4.62. The molecule has 0 atom stereocenters. The SMILES string of the molecule is CCc1nc(CCNC(=NC)N2CCSC(C)(C)C2)sc1C.